The van der Waals surface area contributed by atoms with Gasteiger partial charge in [-0.25, -0.2) is 4.39 Å². The Morgan fingerprint density at radius 2 is 1.91 bits per heavy atom. The molecule has 1 N–H and O–H groups in total. The molecule has 0 bridgehead atoms. The van der Waals surface area contributed by atoms with Crippen molar-refractivity contribution in [2.45, 2.75) is 37.4 Å². The normalized spacial score (nSPS) is 18.8. The Balaban J connectivity index is 1.11. The van der Waals surface area contributed by atoms with Crippen LogP contribution >= 0.6 is 0 Å². The van der Waals surface area contributed by atoms with Gasteiger partial charge in [0.15, 0.2) is 17.4 Å². The van der Waals surface area contributed by atoms with Gasteiger partial charge >= 0.3 is 0 Å². The molecule has 1 unspecified atom stereocenters. The number of rotatable bonds is 4. The van der Waals surface area contributed by atoms with Gasteiger partial charge in [0.25, 0.3) is 5.89 Å². The van der Waals surface area contributed by atoms with E-state index in [9.17, 15) is 9.50 Å². The lowest BCUT2D eigenvalue weighted by atomic mass is 9.81. The third-order valence-electron chi connectivity index (χ3n) is 6.65. The van der Waals surface area contributed by atoms with E-state index in [0.29, 0.717) is 61.8 Å². The number of halogens is 1. The van der Waals surface area contributed by atoms with E-state index in [4.69, 9.17) is 9.15 Å². The van der Waals surface area contributed by atoms with Crippen LogP contribution in [0.1, 0.15) is 42.4 Å². The van der Waals surface area contributed by atoms with Crippen LogP contribution in [0.2, 0.25) is 0 Å². The minimum Gasteiger partial charge on any atom is -0.484 e. The summed E-state index contributed by atoms with van der Waals surface area (Å²) in [5.74, 6) is 1.25. The molecule has 3 aromatic heterocycles. The number of aromatic nitrogens is 5. The van der Waals surface area contributed by atoms with Crippen molar-refractivity contribution in [2.75, 3.05) is 18.0 Å². The Morgan fingerprint density at radius 1 is 1.03 bits per heavy atom. The first-order valence-electron chi connectivity index (χ1n) is 11.5. The van der Waals surface area contributed by atoms with Gasteiger partial charge in [0.2, 0.25) is 5.89 Å². The molecule has 1 aromatic carbocycles. The lowest BCUT2D eigenvalue weighted by molar-refractivity contribution is -0.0330. The summed E-state index contributed by atoms with van der Waals surface area (Å²) in [5.41, 5.74) is 1.40. The second kappa shape index (κ2) is 8.70. The van der Waals surface area contributed by atoms with Crippen molar-refractivity contribution in [1.82, 2.24) is 25.4 Å². The minimum atomic E-state index is -0.738. The second-order valence-electron chi connectivity index (χ2n) is 8.97. The van der Waals surface area contributed by atoms with Crippen LogP contribution in [0.4, 0.5) is 10.2 Å². The van der Waals surface area contributed by atoms with Crippen molar-refractivity contribution in [3.8, 4) is 17.3 Å². The molecule has 0 saturated carbocycles. The van der Waals surface area contributed by atoms with Crippen LogP contribution < -0.4 is 9.64 Å². The van der Waals surface area contributed by atoms with E-state index >= 15 is 0 Å². The van der Waals surface area contributed by atoms with Crippen LogP contribution in [0.15, 0.2) is 59.3 Å². The molecule has 6 rings (SSSR count). The third kappa shape index (κ3) is 4.21. The molecular formula is C25H23FN6O3. The summed E-state index contributed by atoms with van der Waals surface area (Å²) >= 11 is 0. The van der Waals surface area contributed by atoms with E-state index in [1.807, 2.05) is 18.2 Å². The molecule has 178 valence electrons. The molecule has 10 heteroatoms. The molecule has 5 heterocycles. The molecular weight excluding hydrogens is 451 g/mol. The van der Waals surface area contributed by atoms with E-state index < -0.39 is 17.5 Å². The van der Waals surface area contributed by atoms with Gasteiger partial charge in [0, 0.05) is 50.3 Å². The molecule has 2 aliphatic rings. The number of hydrogen-bond donors (Lipinski definition) is 1. The highest BCUT2D eigenvalue weighted by Gasteiger charge is 2.44. The Morgan fingerprint density at radius 3 is 2.69 bits per heavy atom. The summed E-state index contributed by atoms with van der Waals surface area (Å²) < 4.78 is 26.2. The van der Waals surface area contributed by atoms with Crippen LogP contribution in [0.3, 0.4) is 0 Å². The van der Waals surface area contributed by atoms with Gasteiger partial charge in [-0.3, -0.25) is 4.98 Å². The maximum Gasteiger partial charge on any atom is 0.268 e. The number of benzene rings is 1. The van der Waals surface area contributed by atoms with Gasteiger partial charge in [-0.1, -0.05) is 18.2 Å². The molecule has 9 nitrogen and oxygen atoms in total. The lowest BCUT2D eigenvalue weighted by Crippen LogP contribution is -2.51. The molecule has 4 aromatic rings. The van der Waals surface area contributed by atoms with E-state index in [1.165, 1.54) is 6.07 Å². The van der Waals surface area contributed by atoms with Crippen LogP contribution in [-0.2, 0) is 6.42 Å². The molecule has 1 spiro atoms. The summed E-state index contributed by atoms with van der Waals surface area (Å²) in [4.78, 5) is 6.20. The van der Waals surface area contributed by atoms with Crippen molar-refractivity contribution < 1.29 is 18.7 Å². The van der Waals surface area contributed by atoms with Crippen molar-refractivity contribution in [3.05, 3.63) is 77.7 Å². The molecule has 0 aliphatic carbocycles. The Hall–Kier alpha value is -3.92. The second-order valence-corrected chi connectivity index (χ2v) is 8.97. The number of para-hydroxylation sites is 1. The smallest absolute Gasteiger partial charge is 0.268 e. The summed E-state index contributed by atoms with van der Waals surface area (Å²) in [5, 5.41) is 27.4. The number of aliphatic hydroxyl groups is 1. The fraction of sp³-hybridized carbons (Fsp3) is 0.320. The number of hydrogen-bond acceptors (Lipinski definition) is 9. The first-order chi connectivity index (χ1) is 17.1. The predicted molar refractivity (Wildman–Crippen MR) is 123 cm³/mol. The fourth-order valence-corrected chi connectivity index (χ4v) is 4.78. The highest BCUT2D eigenvalue weighted by Crippen LogP contribution is 2.45. The summed E-state index contributed by atoms with van der Waals surface area (Å²) in [6.45, 7) is 1.31. The highest BCUT2D eigenvalue weighted by atomic mass is 19.1. The summed E-state index contributed by atoms with van der Waals surface area (Å²) in [6, 6.07) is 12.2. The Bertz CT molecular complexity index is 1320. The van der Waals surface area contributed by atoms with Gasteiger partial charge < -0.3 is 19.2 Å². The van der Waals surface area contributed by atoms with Crippen LogP contribution in [0.25, 0.3) is 11.6 Å². The van der Waals surface area contributed by atoms with E-state index in [1.54, 1.807) is 30.6 Å². The molecule has 35 heavy (non-hydrogen) atoms. The summed E-state index contributed by atoms with van der Waals surface area (Å²) in [7, 11) is 0. The fourth-order valence-electron chi connectivity index (χ4n) is 4.78. The minimum absolute atomic E-state index is 0.172. The van der Waals surface area contributed by atoms with Crippen LogP contribution in [0, 0.1) is 5.82 Å². The quantitative estimate of drug-likeness (QED) is 0.475. The van der Waals surface area contributed by atoms with Gasteiger partial charge in [-0.05, 0) is 29.8 Å². The molecule has 1 fully saturated rings. The standard InChI is InChI=1S/C25H23FN6O3/c26-18-5-1-4-17-20(33)14-25(35-23(17)18)8-11-32(12-9-25)21-7-6-19(28-29-21)24-31-30-22(34-24)13-16-3-2-10-27-15-16/h1-7,10,15,20,33H,8-9,11-14H2. The van der Waals surface area contributed by atoms with Crippen molar-refractivity contribution in [1.29, 1.82) is 0 Å². The number of aliphatic hydroxyl groups excluding tert-OH is 1. The number of fused-ring (bicyclic) bond motifs is 1. The average Bonchev–Trinajstić information content (AvgIpc) is 3.35. The first-order valence-corrected chi connectivity index (χ1v) is 11.5. The molecule has 0 amide bonds. The third-order valence-corrected chi connectivity index (χ3v) is 6.65. The molecule has 1 atom stereocenters. The van der Waals surface area contributed by atoms with Crippen molar-refractivity contribution in [2.24, 2.45) is 0 Å². The first kappa shape index (κ1) is 21.6. The van der Waals surface area contributed by atoms with Crippen LogP contribution in [-0.4, -0.2) is 49.2 Å². The number of nitrogens with zero attached hydrogens (tertiary/aromatic N) is 6. The largest absolute Gasteiger partial charge is 0.484 e. The van der Waals surface area contributed by atoms with E-state index in [2.05, 4.69) is 30.3 Å². The maximum absolute atomic E-state index is 14.3. The number of pyridine rings is 1. The van der Waals surface area contributed by atoms with Crippen LogP contribution in [0.5, 0.6) is 5.75 Å². The summed E-state index contributed by atoms with van der Waals surface area (Å²) in [6.07, 6.45) is 4.96. The van der Waals surface area contributed by atoms with Crippen molar-refractivity contribution >= 4 is 5.82 Å². The number of anilines is 1. The topological polar surface area (TPSA) is 110 Å². The molecule has 0 radical (unpaired) electrons. The van der Waals surface area contributed by atoms with Gasteiger partial charge in [0.1, 0.15) is 11.3 Å². The van der Waals surface area contributed by atoms with E-state index in [0.717, 1.165) is 11.4 Å². The van der Waals surface area contributed by atoms with Gasteiger partial charge in [-0.2, -0.15) is 0 Å². The lowest BCUT2D eigenvalue weighted by Gasteiger charge is -2.46. The molecule has 2 aliphatic heterocycles. The van der Waals surface area contributed by atoms with E-state index in [-0.39, 0.29) is 5.75 Å². The van der Waals surface area contributed by atoms with Gasteiger partial charge in [-0.15, -0.1) is 20.4 Å². The zero-order chi connectivity index (χ0) is 23.8. The van der Waals surface area contributed by atoms with Gasteiger partial charge in [0.05, 0.1) is 12.5 Å². The monoisotopic (exact) mass is 474 g/mol. The molecule has 1 saturated heterocycles. The Labute approximate surface area is 200 Å². The SMILES string of the molecule is OC1CC2(CCN(c3ccc(-c4nnc(Cc5cccnc5)o4)nn3)CC2)Oc2c(F)cccc21. The zero-order valence-corrected chi connectivity index (χ0v) is 18.8. The number of piperidine rings is 1. The Kier molecular flexibility index (Phi) is 5.37. The number of ether oxygens (including phenoxy) is 1. The maximum atomic E-state index is 14.3. The zero-order valence-electron chi connectivity index (χ0n) is 18.8. The highest BCUT2D eigenvalue weighted by molar-refractivity contribution is 5.49. The average molecular weight is 474 g/mol. The van der Waals surface area contributed by atoms with Crippen molar-refractivity contribution in [3.63, 3.8) is 0 Å². The predicted octanol–water partition coefficient (Wildman–Crippen LogP) is 3.51.